The van der Waals surface area contributed by atoms with Crippen molar-refractivity contribution in [1.82, 2.24) is 9.97 Å². The van der Waals surface area contributed by atoms with Gasteiger partial charge in [-0.2, -0.15) is 0 Å². The molecule has 80 valence electrons. The SMILES string of the molecule is Cc1ccc(C(=O)c2ccncn2)cc1F. The van der Waals surface area contributed by atoms with Crippen LogP contribution in [0.25, 0.3) is 0 Å². The highest BCUT2D eigenvalue weighted by Gasteiger charge is 2.11. The number of ketones is 1. The first-order chi connectivity index (χ1) is 7.68. The van der Waals surface area contributed by atoms with Crippen molar-refractivity contribution in [3.8, 4) is 0 Å². The van der Waals surface area contributed by atoms with Gasteiger partial charge in [-0.25, -0.2) is 14.4 Å². The minimum atomic E-state index is -0.389. The average Bonchev–Trinajstić information content (AvgIpc) is 2.33. The molecule has 0 aliphatic heterocycles. The summed E-state index contributed by atoms with van der Waals surface area (Å²) in [6.45, 7) is 1.65. The molecule has 0 amide bonds. The molecule has 2 aromatic rings. The topological polar surface area (TPSA) is 42.9 Å². The van der Waals surface area contributed by atoms with Crippen LogP contribution in [-0.2, 0) is 0 Å². The summed E-state index contributed by atoms with van der Waals surface area (Å²) in [4.78, 5) is 19.4. The summed E-state index contributed by atoms with van der Waals surface area (Å²) in [6.07, 6.45) is 2.77. The zero-order chi connectivity index (χ0) is 11.5. The van der Waals surface area contributed by atoms with E-state index in [-0.39, 0.29) is 17.3 Å². The number of halogens is 1. The Bertz CT molecular complexity index is 526. The van der Waals surface area contributed by atoms with Crippen molar-refractivity contribution in [3.63, 3.8) is 0 Å². The van der Waals surface area contributed by atoms with Gasteiger partial charge in [0.25, 0.3) is 0 Å². The molecule has 4 heteroatoms. The lowest BCUT2D eigenvalue weighted by Gasteiger charge is -2.01. The summed E-state index contributed by atoms with van der Waals surface area (Å²) in [6, 6.07) is 5.88. The Kier molecular flexibility index (Phi) is 2.72. The monoisotopic (exact) mass is 216 g/mol. The molecule has 0 atom stereocenters. The van der Waals surface area contributed by atoms with Crippen LogP contribution in [0.2, 0.25) is 0 Å². The second-order valence-electron chi connectivity index (χ2n) is 3.39. The number of rotatable bonds is 2. The van der Waals surface area contributed by atoms with Gasteiger partial charge in [0.2, 0.25) is 5.78 Å². The molecule has 0 fully saturated rings. The van der Waals surface area contributed by atoms with E-state index in [0.29, 0.717) is 11.1 Å². The quantitative estimate of drug-likeness (QED) is 0.722. The van der Waals surface area contributed by atoms with Crippen LogP contribution in [0.5, 0.6) is 0 Å². The molecule has 0 unspecified atom stereocenters. The van der Waals surface area contributed by atoms with Crippen LogP contribution in [0.4, 0.5) is 4.39 Å². The number of aryl methyl sites for hydroxylation is 1. The highest BCUT2D eigenvalue weighted by molar-refractivity contribution is 6.07. The van der Waals surface area contributed by atoms with Crippen molar-refractivity contribution < 1.29 is 9.18 Å². The van der Waals surface area contributed by atoms with Gasteiger partial charge >= 0.3 is 0 Å². The van der Waals surface area contributed by atoms with Gasteiger partial charge in [-0.15, -0.1) is 0 Å². The lowest BCUT2D eigenvalue weighted by molar-refractivity contribution is 0.103. The Morgan fingerprint density at radius 1 is 1.31 bits per heavy atom. The predicted octanol–water partition coefficient (Wildman–Crippen LogP) is 2.16. The molecular weight excluding hydrogens is 207 g/mol. The van der Waals surface area contributed by atoms with E-state index in [1.807, 2.05) is 0 Å². The lowest BCUT2D eigenvalue weighted by Crippen LogP contribution is -2.04. The van der Waals surface area contributed by atoms with E-state index < -0.39 is 0 Å². The number of carbonyl (C=O) groups is 1. The molecule has 1 heterocycles. The van der Waals surface area contributed by atoms with Gasteiger partial charge in [-0.05, 0) is 24.6 Å². The zero-order valence-corrected chi connectivity index (χ0v) is 8.64. The number of nitrogens with zero attached hydrogens (tertiary/aromatic N) is 2. The third kappa shape index (κ3) is 1.95. The van der Waals surface area contributed by atoms with Crippen molar-refractivity contribution in [1.29, 1.82) is 0 Å². The third-order valence-corrected chi connectivity index (χ3v) is 2.25. The van der Waals surface area contributed by atoms with Crippen LogP contribution < -0.4 is 0 Å². The van der Waals surface area contributed by atoms with Gasteiger partial charge < -0.3 is 0 Å². The predicted molar refractivity (Wildman–Crippen MR) is 56.6 cm³/mol. The summed E-state index contributed by atoms with van der Waals surface area (Å²) in [7, 11) is 0. The number of hydrogen-bond donors (Lipinski definition) is 0. The molecule has 0 aliphatic rings. The molecule has 2 rings (SSSR count). The minimum Gasteiger partial charge on any atom is -0.287 e. The molecule has 0 N–H and O–H groups in total. The Morgan fingerprint density at radius 2 is 2.12 bits per heavy atom. The summed E-state index contributed by atoms with van der Waals surface area (Å²) in [5.41, 5.74) is 1.07. The zero-order valence-electron chi connectivity index (χ0n) is 8.64. The number of hydrogen-bond acceptors (Lipinski definition) is 3. The molecular formula is C12H9FN2O. The van der Waals surface area contributed by atoms with E-state index in [4.69, 9.17) is 0 Å². The molecule has 3 nitrogen and oxygen atoms in total. The average molecular weight is 216 g/mol. The minimum absolute atomic E-state index is 0.262. The maximum atomic E-state index is 13.3. The number of benzene rings is 1. The second-order valence-corrected chi connectivity index (χ2v) is 3.39. The molecule has 0 aliphatic carbocycles. The molecule has 16 heavy (non-hydrogen) atoms. The maximum absolute atomic E-state index is 13.3. The van der Waals surface area contributed by atoms with Gasteiger partial charge in [0.15, 0.2) is 0 Å². The lowest BCUT2D eigenvalue weighted by atomic mass is 10.1. The van der Waals surface area contributed by atoms with Gasteiger partial charge in [0.05, 0.1) is 0 Å². The van der Waals surface area contributed by atoms with Gasteiger partial charge in [-0.3, -0.25) is 4.79 Å². The Morgan fingerprint density at radius 3 is 2.75 bits per heavy atom. The fourth-order valence-corrected chi connectivity index (χ4v) is 1.31. The van der Waals surface area contributed by atoms with E-state index in [2.05, 4.69) is 9.97 Å². The largest absolute Gasteiger partial charge is 0.287 e. The first kappa shape index (κ1) is 10.4. The first-order valence-corrected chi connectivity index (χ1v) is 4.75. The Labute approximate surface area is 92.0 Å². The Balaban J connectivity index is 2.39. The van der Waals surface area contributed by atoms with E-state index in [9.17, 15) is 9.18 Å². The highest BCUT2D eigenvalue weighted by Crippen LogP contribution is 2.12. The van der Waals surface area contributed by atoms with Crippen LogP contribution in [-0.4, -0.2) is 15.8 Å². The van der Waals surface area contributed by atoms with E-state index in [1.54, 1.807) is 19.1 Å². The maximum Gasteiger partial charge on any atom is 0.211 e. The van der Waals surface area contributed by atoms with Crippen LogP contribution in [0.3, 0.4) is 0 Å². The van der Waals surface area contributed by atoms with Gasteiger partial charge in [0, 0.05) is 11.8 Å². The molecule has 1 aromatic carbocycles. The molecule has 0 bridgehead atoms. The summed E-state index contributed by atoms with van der Waals surface area (Å²) in [5, 5.41) is 0. The molecule has 0 saturated heterocycles. The molecule has 1 aromatic heterocycles. The fraction of sp³-hybridized carbons (Fsp3) is 0.0833. The van der Waals surface area contributed by atoms with Crippen LogP contribution in [0, 0.1) is 12.7 Å². The number of carbonyl (C=O) groups excluding carboxylic acids is 1. The van der Waals surface area contributed by atoms with E-state index in [1.165, 1.54) is 24.7 Å². The summed E-state index contributed by atoms with van der Waals surface area (Å²) < 4.78 is 13.3. The van der Waals surface area contributed by atoms with Crippen molar-refractivity contribution in [2.45, 2.75) is 6.92 Å². The standard InChI is InChI=1S/C12H9FN2O/c1-8-2-3-9(6-10(8)13)12(16)11-4-5-14-7-15-11/h2-7H,1H3. The third-order valence-electron chi connectivity index (χ3n) is 2.25. The summed E-state index contributed by atoms with van der Waals surface area (Å²) >= 11 is 0. The Hall–Kier alpha value is -2.10. The van der Waals surface area contributed by atoms with E-state index >= 15 is 0 Å². The molecule has 0 radical (unpaired) electrons. The smallest absolute Gasteiger partial charge is 0.211 e. The van der Waals surface area contributed by atoms with Crippen molar-refractivity contribution in [3.05, 3.63) is 59.4 Å². The van der Waals surface area contributed by atoms with Crippen LogP contribution in [0.1, 0.15) is 21.6 Å². The molecule has 0 saturated carbocycles. The van der Waals surface area contributed by atoms with Gasteiger partial charge in [0.1, 0.15) is 17.8 Å². The van der Waals surface area contributed by atoms with Crippen molar-refractivity contribution >= 4 is 5.78 Å². The van der Waals surface area contributed by atoms with Crippen LogP contribution in [0.15, 0.2) is 36.8 Å². The van der Waals surface area contributed by atoms with Crippen LogP contribution >= 0.6 is 0 Å². The first-order valence-electron chi connectivity index (χ1n) is 4.75. The van der Waals surface area contributed by atoms with Gasteiger partial charge in [-0.1, -0.05) is 12.1 Å². The summed E-state index contributed by atoms with van der Waals surface area (Å²) in [5.74, 6) is -0.693. The van der Waals surface area contributed by atoms with E-state index in [0.717, 1.165) is 0 Å². The second kappa shape index (κ2) is 4.18. The van der Waals surface area contributed by atoms with Crippen molar-refractivity contribution in [2.75, 3.05) is 0 Å². The highest BCUT2D eigenvalue weighted by atomic mass is 19.1. The fourth-order valence-electron chi connectivity index (χ4n) is 1.31. The number of aromatic nitrogens is 2. The molecule has 0 spiro atoms. The normalized spacial score (nSPS) is 10.1. The van der Waals surface area contributed by atoms with Crippen molar-refractivity contribution in [2.24, 2.45) is 0 Å².